The van der Waals surface area contributed by atoms with E-state index in [4.69, 9.17) is 16.9 Å². The Morgan fingerprint density at radius 2 is 2.33 bits per heavy atom. The van der Waals surface area contributed by atoms with Crippen LogP contribution in [0, 0.1) is 11.3 Å². The van der Waals surface area contributed by atoms with Crippen LogP contribution in [0.25, 0.3) is 0 Å². The van der Waals surface area contributed by atoms with Crippen molar-refractivity contribution in [2.45, 2.75) is 0 Å². The highest BCUT2D eigenvalue weighted by atomic mass is 35.5. The molecule has 0 aliphatic heterocycles. The molecule has 1 aromatic carbocycles. The van der Waals surface area contributed by atoms with Crippen molar-refractivity contribution in [3.8, 4) is 6.07 Å². The van der Waals surface area contributed by atoms with E-state index in [9.17, 15) is 4.21 Å². The summed E-state index contributed by atoms with van der Waals surface area (Å²) in [5.74, 6) is 0.553. The maximum atomic E-state index is 10.8. The lowest BCUT2D eigenvalue weighted by Gasteiger charge is -2.07. The predicted octanol–water partition coefficient (Wildman–Crippen LogP) is 2.00. The molecule has 0 fully saturated rings. The first-order valence-corrected chi connectivity index (χ1v) is 6.48. The van der Waals surface area contributed by atoms with E-state index in [-0.39, 0.29) is 0 Å². The normalized spacial score (nSPS) is 11.8. The fraction of sp³-hybridized carbons (Fsp3) is 0.300. The van der Waals surface area contributed by atoms with Crippen molar-refractivity contribution in [3.63, 3.8) is 0 Å². The van der Waals surface area contributed by atoms with Gasteiger partial charge < -0.3 is 5.32 Å². The Kier molecular flexibility index (Phi) is 4.60. The second-order valence-electron chi connectivity index (χ2n) is 2.98. The Balaban J connectivity index is 2.73. The molecule has 0 saturated heterocycles. The summed E-state index contributed by atoms with van der Waals surface area (Å²) in [4.78, 5) is 0. The third kappa shape index (κ3) is 3.54. The van der Waals surface area contributed by atoms with Crippen LogP contribution < -0.4 is 5.32 Å². The van der Waals surface area contributed by atoms with Gasteiger partial charge in [0.25, 0.3) is 0 Å². The van der Waals surface area contributed by atoms with E-state index in [0.29, 0.717) is 28.6 Å². The zero-order valence-corrected chi connectivity index (χ0v) is 9.86. The summed E-state index contributed by atoms with van der Waals surface area (Å²) in [7, 11) is -0.832. The molecule has 1 unspecified atom stereocenters. The van der Waals surface area contributed by atoms with Crippen LogP contribution in [0.3, 0.4) is 0 Å². The van der Waals surface area contributed by atoms with E-state index in [1.807, 2.05) is 6.07 Å². The van der Waals surface area contributed by atoms with Gasteiger partial charge in [0, 0.05) is 29.4 Å². The van der Waals surface area contributed by atoms with Crippen LogP contribution >= 0.6 is 11.6 Å². The zero-order valence-electron chi connectivity index (χ0n) is 8.29. The third-order valence-electron chi connectivity index (χ3n) is 1.83. The zero-order chi connectivity index (χ0) is 11.3. The van der Waals surface area contributed by atoms with Gasteiger partial charge in [0.15, 0.2) is 0 Å². The topological polar surface area (TPSA) is 52.9 Å². The maximum Gasteiger partial charge on any atom is 0.103 e. The van der Waals surface area contributed by atoms with Crippen LogP contribution in [0.4, 0.5) is 5.69 Å². The van der Waals surface area contributed by atoms with E-state index in [1.165, 1.54) is 0 Å². The predicted molar refractivity (Wildman–Crippen MR) is 63.6 cm³/mol. The van der Waals surface area contributed by atoms with E-state index in [2.05, 4.69) is 5.32 Å². The van der Waals surface area contributed by atoms with Crippen LogP contribution in [0.1, 0.15) is 5.56 Å². The Hall–Kier alpha value is -1.05. The number of hydrogen-bond donors (Lipinski definition) is 1. The average Bonchev–Trinajstić information content (AvgIpc) is 2.17. The molecule has 1 atom stereocenters. The number of nitrogens with zero attached hydrogens (tertiary/aromatic N) is 1. The molecule has 0 radical (unpaired) electrons. The first-order chi connectivity index (χ1) is 7.15. The number of benzene rings is 1. The van der Waals surface area contributed by atoms with Crippen LogP contribution in [0.15, 0.2) is 18.2 Å². The van der Waals surface area contributed by atoms with Crippen LogP contribution in [-0.4, -0.2) is 22.8 Å². The molecule has 0 aliphatic carbocycles. The Labute approximate surface area is 96.5 Å². The van der Waals surface area contributed by atoms with Crippen molar-refractivity contribution < 1.29 is 4.21 Å². The summed E-state index contributed by atoms with van der Waals surface area (Å²) in [5, 5.41) is 12.3. The Morgan fingerprint density at radius 1 is 1.60 bits per heavy atom. The third-order valence-corrected chi connectivity index (χ3v) is 2.92. The highest BCUT2D eigenvalue weighted by Crippen LogP contribution is 2.22. The van der Waals surface area contributed by atoms with Crippen molar-refractivity contribution in [1.29, 1.82) is 5.26 Å². The quantitative estimate of drug-likeness (QED) is 0.879. The molecule has 3 nitrogen and oxygen atoms in total. The molecule has 0 heterocycles. The minimum absolute atomic E-state index is 0.431. The summed E-state index contributed by atoms with van der Waals surface area (Å²) in [6.45, 7) is 0.568. The number of hydrogen-bond acceptors (Lipinski definition) is 3. The number of anilines is 1. The fourth-order valence-electron chi connectivity index (χ4n) is 1.11. The van der Waals surface area contributed by atoms with Gasteiger partial charge in [-0.1, -0.05) is 17.7 Å². The molecule has 0 bridgehead atoms. The molecule has 0 aliphatic rings. The van der Waals surface area contributed by atoms with Crippen molar-refractivity contribution in [3.05, 3.63) is 28.8 Å². The van der Waals surface area contributed by atoms with E-state index >= 15 is 0 Å². The van der Waals surface area contributed by atoms with E-state index < -0.39 is 10.8 Å². The molecule has 0 spiro atoms. The molecule has 15 heavy (non-hydrogen) atoms. The molecule has 1 N–H and O–H groups in total. The summed E-state index contributed by atoms with van der Waals surface area (Å²) < 4.78 is 10.8. The van der Waals surface area contributed by atoms with Crippen molar-refractivity contribution >= 4 is 28.1 Å². The maximum absolute atomic E-state index is 10.8. The van der Waals surface area contributed by atoms with Gasteiger partial charge in [-0.2, -0.15) is 5.26 Å². The van der Waals surface area contributed by atoms with Gasteiger partial charge in [0.2, 0.25) is 0 Å². The van der Waals surface area contributed by atoms with Gasteiger partial charge in [-0.15, -0.1) is 0 Å². The Bertz CT molecular complexity index is 414. The number of nitriles is 1. The molecule has 1 rings (SSSR count). The van der Waals surface area contributed by atoms with Gasteiger partial charge in [-0.05, 0) is 12.1 Å². The van der Waals surface area contributed by atoms with Crippen molar-refractivity contribution in [1.82, 2.24) is 0 Å². The standard InChI is InChI=1S/C10H11ClN2OS/c1-15(14)6-5-13-10-4-2-3-9(11)8(10)7-12/h2-4,13H,5-6H2,1H3. The summed E-state index contributed by atoms with van der Waals surface area (Å²) in [5.41, 5.74) is 1.12. The fourth-order valence-corrected chi connectivity index (χ4v) is 1.72. The van der Waals surface area contributed by atoms with E-state index in [0.717, 1.165) is 0 Å². The highest BCUT2D eigenvalue weighted by molar-refractivity contribution is 7.84. The second kappa shape index (κ2) is 5.74. The molecule has 0 saturated carbocycles. The molecule has 80 valence electrons. The lowest BCUT2D eigenvalue weighted by Crippen LogP contribution is -2.10. The van der Waals surface area contributed by atoms with Crippen LogP contribution in [0.5, 0.6) is 0 Å². The Morgan fingerprint density at radius 3 is 2.93 bits per heavy atom. The van der Waals surface area contributed by atoms with Crippen LogP contribution in [-0.2, 0) is 10.8 Å². The molecular weight excluding hydrogens is 232 g/mol. The van der Waals surface area contributed by atoms with Gasteiger partial charge in [0.1, 0.15) is 6.07 Å². The molecular formula is C10H11ClN2OS. The minimum Gasteiger partial charge on any atom is -0.383 e. The average molecular weight is 243 g/mol. The smallest absolute Gasteiger partial charge is 0.103 e. The van der Waals surface area contributed by atoms with Crippen molar-refractivity contribution in [2.24, 2.45) is 0 Å². The van der Waals surface area contributed by atoms with Crippen LogP contribution in [0.2, 0.25) is 5.02 Å². The van der Waals surface area contributed by atoms with Gasteiger partial charge in [0.05, 0.1) is 16.3 Å². The number of nitrogens with one attached hydrogen (secondary N) is 1. The molecule has 0 amide bonds. The minimum atomic E-state index is -0.832. The van der Waals surface area contributed by atoms with Crippen molar-refractivity contribution in [2.75, 3.05) is 23.9 Å². The molecule has 1 aromatic rings. The summed E-state index contributed by atoms with van der Waals surface area (Å²) in [6, 6.07) is 7.25. The lowest BCUT2D eigenvalue weighted by molar-refractivity contribution is 0.687. The molecule has 0 aromatic heterocycles. The van der Waals surface area contributed by atoms with Gasteiger partial charge >= 0.3 is 0 Å². The largest absolute Gasteiger partial charge is 0.383 e. The van der Waals surface area contributed by atoms with E-state index in [1.54, 1.807) is 24.5 Å². The van der Waals surface area contributed by atoms with Gasteiger partial charge in [-0.25, -0.2) is 0 Å². The van der Waals surface area contributed by atoms with Gasteiger partial charge in [-0.3, -0.25) is 4.21 Å². The monoisotopic (exact) mass is 242 g/mol. The summed E-state index contributed by atoms with van der Waals surface area (Å²) >= 11 is 5.85. The first-order valence-electron chi connectivity index (χ1n) is 4.37. The lowest BCUT2D eigenvalue weighted by atomic mass is 10.2. The highest BCUT2D eigenvalue weighted by Gasteiger charge is 2.05. The number of halogens is 1. The SMILES string of the molecule is CS(=O)CCNc1cccc(Cl)c1C#N. The second-order valence-corrected chi connectivity index (χ2v) is 4.94. The first kappa shape index (κ1) is 12.0. The summed E-state index contributed by atoms with van der Waals surface area (Å²) in [6.07, 6.45) is 1.64. The molecule has 5 heteroatoms. The number of rotatable bonds is 4.